The number of nitrogens with one attached hydrogen (secondary N) is 2. The predicted octanol–water partition coefficient (Wildman–Crippen LogP) is 6.20. The van der Waals surface area contributed by atoms with Crippen LogP contribution >= 0.6 is 21.6 Å². The number of carbonyl (C=O) groups is 4. The number of aliphatic carboxylic acids is 1. The topological polar surface area (TPSA) is 122 Å². The molecular weight excluding hydrogens is 548 g/mol. The first-order valence-corrected chi connectivity index (χ1v) is 15.5. The highest BCUT2D eigenvalue weighted by molar-refractivity contribution is 8.76. The molecule has 2 aromatic carbocycles. The van der Waals surface area contributed by atoms with E-state index in [-0.39, 0.29) is 11.8 Å². The SMILES string of the molecule is CCC(C)[C@H](NC(=O)c1ccccc1SSc1ccccc1C(=O)N[C@H](C(=O)OC(C)(C)C)C(C)CC)C(=O)O. The molecule has 0 bridgehead atoms. The van der Waals surface area contributed by atoms with Crippen LogP contribution in [0.25, 0.3) is 0 Å². The molecule has 2 aromatic rings. The Morgan fingerprint density at radius 2 is 1.18 bits per heavy atom. The first kappa shape index (κ1) is 33.2. The van der Waals surface area contributed by atoms with Gasteiger partial charge in [-0.3, -0.25) is 9.59 Å². The average Bonchev–Trinajstić information content (AvgIpc) is 2.91. The van der Waals surface area contributed by atoms with E-state index < -0.39 is 41.4 Å². The van der Waals surface area contributed by atoms with Crippen molar-refractivity contribution in [2.75, 3.05) is 0 Å². The highest BCUT2D eigenvalue weighted by Crippen LogP contribution is 2.40. The number of hydrogen-bond acceptors (Lipinski definition) is 7. The third-order valence-electron chi connectivity index (χ3n) is 6.41. The normalized spacial score (nSPS) is 14.4. The number of rotatable bonds is 13. The van der Waals surface area contributed by atoms with Crippen molar-refractivity contribution in [3.05, 3.63) is 59.7 Å². The maximum atomic E-state index is 13.4. The minimum absolute atomic E-state index is 0.136. The summed E-state index contributed by atoms with van der Waals surface area (Å²) in [5.41, 5.74) is 0.0520. The van der Waals surface area contributed by atoms with Crippen LogP contribution in [-0.2, 0) is 14.3 Å². The van der Waals surface area contributed by atoms with Crippen LogP contribution in [0.15, 0.2) is 58.3 Å². The molecule has 0 saturated carbocycles. The number of carbonyl (C=O) groups excluding carboxylic acids is 3. The number of carboxylic acid groups (broad SMARTS) is 1. The molecule has 0 aliphatic heterocycles. The fourth-order valence-electron chi connectivity index (χ4n) is 3.70. The van der Waals surface area contributed by atoms with Crippen molar-refractivity contribution in [1.29, 1.82) is 0 Å². The third kappa shape index (κ3) is 9.59. The highest BCUT2D eigenvalue weighted by Gasteiger charge is 2.31. The van der Waals surface area contributed by atoms with Gasteiger partial charge in [-0.2, -0.15) is 0 Å². The summed E-state index contributed by atoms with van der Waals surface area (Å²) in [6, 6.07) is 12.2. The number of carboxylic acids is 1. The molecule has 0 heterocycles. The van der Waals surface area contributed by atoms with Gasteiger partial charge in [-0.05, 0) is 56.9 Å². The Labute approximate surface area is 244 Å². The smallest absolute Gasteiger partial charge is 0.329 e. The van der Waals surface area contributed by atoms with Gasteiger partial charge in [0.15, 0.2) is 0 Å². The molecule has 2 rings (SSSR count). The van der Waals surface area contributed by atoms with E-state index in [9.17, 15) is 24.3 Å². The predicted molar refractivity (Wildman–Crippen MR) is 159 cm³/mol. The molecule has 0 fully saturated rings. The Hall–Kier alpha value is -2.98. The molecule has 0 spiro atoms. The fourth-order valence-corrected chi connectivity index (χ4v) is 6.06. The van der Waals surface area contributed by atoms with Crippen molar-refractivity contribution in [1.82, 2.24) is 10.6 Å². The van der Waals surface area contributed by atoms with E-state index in [1.165, 1.54) is 21.6 Å². The average molecular weight is 589 g/mol. The highest BCUT2D eigenvalue weighted by atomic mass is 33.1. The van der Waals surface area contributed by atoms with Gasteiger partial charge in [-0.25, -0.2) is 9.59 Å². The summed E-state index contributed by atoms with van der Waals surface area (Å²) in [4.78, 5) is 52.3. The summed E-state index contributed by atoms with van der Waals surface area (Å²) in [5, 5.41) is 15.1. The second-order valence-electron chi connectivity index (χ2n) is 10.7. The quantitative estimate of drug-likeness (QED) is 0.187. The Morgan fingerprint density at radius 3 is 1.57 bits per heavy atom. The standard InChI is InChI=1S/C30H40N2O6S2/c1-8-18(3)24(28(35)36)31-26(33)20-14-10-12-16-22(20)39-40-23-17-13-11-15-21(23)27(34)32-25(19(4)9-2)29(37)38-30(5,6)7/h10-19,24-25H,8-9H2,1-7H3,(H,31,33)(H,32,34)(H,35,36)/t18?,19?,24-,25-/m0/s1. The van der Waals surface area contributed by atoms with Crippen LogP contribution in [0.5, 0.6) is 0 Å². The number of amides is 2. The molecule has 3 N–H and O–H groups in total. The first-order valence-electron chi connectivity index (χ1n) is 13.4. The van der Waals surface area contributed by atoms with Crippen LogP contribution in [0.2, 0.25) is 0 Å². The van der Waals surface area contributed by atoms with Gasteiger partial charge in [0, 0.05) is 9.79 Å². The van der Waals surface area contributed by atoms with Crippen LogP contribution in [0.3, 0.4) is 0 Å². The van der Waals surface area contributed by atoms with Crippen molar-refractivity contribution < 1.29 is 29.0 Å². The molecule has 0 aliphatic carbocycles. The molecule has 0 radical (unpaired) electrons. The zero-order valence-electron chi connectivity index (χ0n) is 24.1. The zero-order chi connectivity index (χ0) is 30.0. The molecule has 2 amide bonds. The van der Waals surface area contributed by atoms with Gasteiger partial charge in [0.1, 0.15) is 17.7 Å². The van der Waals surface area contributed by atoms with Gasteiger partial charge in [0.2, 0.25) is 0 Å². The van der Waals surface area contributed by atoms with E-state index in [4.69, 9.17) is 4.74 Å². The van der Waals surface area contributed by atoms with Crippen LogP contribution in [0, 0.1) is 11.8 Å². The molecular formula is C30H40N2O6S2. The second kappa shape index (κ2) is 15.1. The Balaban J connectivity index is 2.24. The summed E-state index contributed by atoms with van der Waals surface area (Å²) in [5.74, 6) is -2.81. The van der Waals surface area contributed by atoms with Gasteiger partial charge in [-0.15, -0.1) is 0 Å². The van der Waals surface area contributed by atoms with Gasteiger partial charge in [0.25, 0.3) is 11.8 Å². The largest absolute Gasteiger partial charge is 0.480 e. The Morgan fingerprint density at radius 1 is 0.775 bits per heavy atom. The maximum absolute atomic E-state index is 13.4. The lowest BCUT2D eigenvalue weighted by Crippen LogP contribution is -2.47. The lowest BCUT2D eigenvalue weighted by molar-refractivity contribution is -0.158. The van der Waals surface area contributed by atoms with Crippen molar-refractivity contribution in [3.63, 3.8) is 0 Å². The van der Waals surface area contributed by atoms with Gasteiger partial charge < -0.3 is 20.5 Å². The number of benzene rings is 2. The molecule has 0 aliphatic rings. The maximum Gasteiger partial charge on any atom is 0.329 e. The number of ether oxygens (including phenoxy) is 1. The minimum atomic E-state index is -1.08. The van der Waals surface area contributed by atoms with Crippen molar-refractivity contribution in [2.45, 2.75) is 88.8 Å². The summed E-state index contributed by atoms with van der Waals surface area (Å²) in [6.45, 7) is 12.9. The lowest BCUT2D eigenvalue weighted by atomic mass is 9.98. The Bertz CT molecular complexity index is 1200. The van der Waals surface area contributed by atoms with E-state index >= 15 is 0 Å². The van der Waals surface area contributed by atoms with Crippen LogP contribution in [0.4, 0.5) is 0 Å². The van der Waals surface area contributed by atoms with Crippen LogP contribution in [-0.4, -0.2) is 46.5 Å². The summed E-state index contributed by atoms with van der Waals surface area (Å²) < 4.78 is 5.56. The van der Waals surface area contributed by atoms with E-state index in [0.29, 0.717) is 33.8 Å². The molecule has 0 saturated heterocycles. The number of esters is 1. The van der Waals surface area contributed by atoms with Crippen LogP contribution in [0.1, 0.15) is 82.0 Å². The van der Waals surface area contributed by atoms with E-state index in [0.717, 1.165) is 0 Å². The molecule has 40 heavy (non-hydrogen) atoms. The van der Waals surface area contributed by atoms with E-state index in [1.54, 1.807) is 70.2 Å². The molecule has 10 heteroatoms. The monoisotopic (exact) mass is 588 g/mol. The summed E-state index contributed by atoms with van der Waals surface area (Å²) >= 11 is 0. The van der Waals surface area contributed by atoms with Gasteiger partial charge in [0.05, 0.1) is 11.1 Å². The van der Waals surface area contributed by atoms with Crippen molar-refractivity contribution in [3.8, 4) is 0 Å². The summed E-state index contributed by atoms with van der Waals surface area (Å²) in [6.07, 6.45) is 1.28. The van der Waals surface area contributed by atoms with Gasteiger partial charge >= 0.3 is 11.9 Å². The lowest BCUT2D eigenvalue weighted by Gasteiger charge is -2.27. The third-order valence-corrected chi connectivity index (χ3v) is 8.89. The van der Waals surface area contributed by atoms with Gasteiger partial charge in [-0.1, -0.05) is 86.4 Å². The summed E-state index contributed by atoms with van der Waals surface area (Å²) in [7, 11) is 2.59. The van der Waals surface area contributed by atoms with E-state index in [2.05, 4.69) is 10.6 Å². The zero-order valence-corrected chi connectivity index (χ0v) is 25.8. The van der Waals surface area contributed by atoms with Crippen molar-refractivity contribution >= 4 is 45.3 Å². The van der Waals surface area contributed by atoms with Crippen LogP contribution < -0.4 is 10.6 Å². The number of hydrogen-bond donors (Lipinski definition) is 3. The second-order valence-corrected chi connectivity index (χ2v) is 12.9. The molecule has 8 nitrogen and oxygen atoms in total. The minimum Gasteiger partial charge on any atom is -0.480 e. The van der Waals surface area contributed by atoms with E-state index in [1.807, 2.05) is 26.8 Å². The molecule has 2 unspecified atom stereocenters. The Kier molecular flexibility index (Phi) is 12.6. The fraction of sp³-hybridized carbons (Fsp3) is 0.467. The molecule has 0 aromatic heterocycles. The first-order chi connectivity index (χ1) is 18.8. The van der Waals surface area contributed by atoms with Crippen molar-refractivity contribution in [2.24, 2.45) is 11.8 Å². The molecule has 4 atom stereocenters. The molecule has 218 valence electrons.